The smallest absolute Gasteiger partial charge is 0.143 e. The molecular formula is C24H33N5O2. The Balaban J connectivity index is 1.59. The first-order valence-corrected chi connectivity index (χ1v) is 11.7. The van der Waals surface area contributed by atoms with Crippen molar-refractivity contribution in [2.75, 3.05) is 24.2 Å². The summed E-state index contributed by atoms with van der Waals surface area (Å²) in [5.74, 6) is 1.48. The summed E-state index contributed by atoms with van der Waals surface area (Å²) >= 11 is 0. The molecule has 0 amide bonds. The Morgan fingerprint density at radius 3 is 2.65 bits per heavy atom. The van der Waals surface area contributed by atoms with E-state index in [0.29, 0.717) is 18.4 Å². The van der Waals surface area contributed by atoms with Crippen LogP contribution < -0.4 is 21.5 Å². The zero-order chi connectivity index (χ0) is 21.4. The Kier molecular flexibility index (Phi) is 5.48. The number of rotatable bonds is 5. The number of aliphatic hydroxyl groups is 1. The van der Waals surface area contributed by atoms with Gasteiger partial charge in [0.05, 0.1) is 24.1 Å². The minimum absolute atomic E-state index is 0.0143. The molecule has 2 aromatic rings. The molecule has 5 rings (SSSR count). The highest BCUT2D eigenvalue weighted by Crippen LogP contribution is 2.54. The van der Waals surface area contributed by atoms with Crippen LogP contribution in [-0.2, 0) is 11.8 Å². The van der Waals surface area contributed by atoms with E-state index in [2.05, 4.69) is 16.4 Å². The fourth-order valence-corrected chi connectivity index (χ4v) is 5.92. The summed E-state index contributed by atoms with van der Waals surface area (Å²) in [4.78, 5) is 9.03. The van der Waals surface area contributed by atoms with Gasteiger partial charge < -0.3 is 26.6 Å². The van der Waals surface area contributed by atoms with Gasteiger partial charge in [-0.05, 0) is 62.6 Å². The molecule has 7 heteroatoms. The molecule has 2 saturated carbocycles. The number of nitrogens with two attached hydrogens (primary N) is 2. The van der Waals surface area contributed by atoms with Crippen molar-refractivity contribution in [3.05, 3.63) is 29.6 Å². The molecule has 3 aliphatic carbocycles. The van der Waals surface area contributed by atoms with Crippen molar-refractivity contribution in [3.8, 4) is 17.0 Å². The van der Waals surface area contributed by atoms with Crippen molar-refractivity contribution in [2.24, 2.45) is 5.73 Å². The number of aromatic nitrogens is 2. The Morgan fingerprint density at radius 2 is 1.90 bits per heavy atom. The lowest BCUT2D eigenvalue weighted by atomic mass is 9.67. The third-order valence-corrected chi connectivity index (χ3v) is 7.44. The standard InChI is InChI=1S/C24H33N5O2/c25-15-3-5-16(6-4-15)31-19-8-7-17-18(21(19)27-11-12-30)13-24(9-1-2-10-24)20-22(17)28-14-29-23(20)26/h7-8,14-16,27,30H,1-6,9-13,25H2,(H2,26,28,29)/t15-,16+. The summed E-state index contributed by atoms with van der Waals surface area (Å²) < 4.78 is 6.50. The van der Waals surface area contributed by atoms with Gasteiger partial charge in [-0.2, -0.15) is 0 Å². The van der Waals surface area contributed by atoms with Gasteiger partial charge in [-0.3, -0.25) is 0 Å². The van der Waals surface area contributed by atoms with Gasteiger partial charge in [0, 0.05) is 29.1 Å². The van der Waals surface area contributed by atoms with Crippen molar-refractivity contribution >= 4 is 11.5 Å². The summed E-state index contributed by atoms with van der Waals surface area (Å²) in [6.07, 6.45) is 11.2. The van der Waals surface area contributed by atoms with Crippen LogP contribution in [0.4, 0.5) is 11.5 Å². The van der Waals surface area contributed by atoms with Crippen LogP contribution >= 0.6 is 0 Å². The van der Waals surface area contributed by atoms with Crippen molar-refractivity contribution in [1.29, 1.82) is 0 Å². The maximum absolute atomic E-state index is 9.52. The van der Waals surface area contributed by atoms with E-state index in [1.807, 2.05) is 6.07 Å². The number of aliphatic hydroxyl groups excluding tert-OH is 1. The lowest BCUT2D eigenvalue weighted by Crippen LogP contribution is -2.33. The van der Waals surface area contributed by atoms with E-state index in [9.17, 15) is 5.11 Å². The number of nitrogen functional groups attached to an aromatic ring is 1. The molecule has 1 heterocycles. The van der Waals surface area contributed by atoms with E-state index >= 15 is 0 Å². The topological polar surface area (TPSA) is 119 Å². The zero-order valence-electron chi connectivity index (χ0n) is 18.1. The van der Waals surface area contributed by atoms with Gasteiger partial charge in [-0.25, -0.2) is 9.97 Å². The van der Waals surface area contributed by atoms with Crippen LogP contribution in [0.25, 0.3) is 11.3 Å². The number of ether oxygens (including phenoxy) is 1. The fraction of sp³-hybridized carbons (Fsp3) is 0.583. The van der Waals surface area contributed by atoms with E-state index < -0.39 is 0 Å². The second kappa shape index (κ2) is 8.28. The number of nitrogens with zero attached hydrogens (tertiary/aromatic N) is 2. The first-order valence-electron chi connectivity index (χ1n) is 11.7. The van der Waals surface area contributed by atoms with Gasteiger partial charge in [0.1, 0.15) is 17.9 Å². The molecule has 7 nitrogen and oxygen atoms in total. The monoisotopic (exact) mass is 423 g/mol. The van der Waals surface area contributed by atoms with Gasteiger partial charge in [0.2, 0.25) is 0 Å². The molecule has 0 unspecified atom stereocenters. The first kappa shape index (κ1) is 20.5. The van der Waals surface area contributed by atoms with Crippen molar-refractivity contribution < 1.29 is 9.84 Å². The first-order chi connectivity index (χ1) is 15.1. The van der Waals surface area contributed by atoms with Crippen LogP contribution in [0.5, 0.6) is 5.75 Å². The number of fused-ring (bicyclic) bond motifs is 4. The van der Waals surface area contributed by atoms with Gasteiger partial charge in [-0.1, -0.05) is 12.8 Å². The lowest BCUT2D eigenvalue weighted by Gasteiger charge is -2.38. The number of hydrogen-bond acceptors (Lipinski definition) is 7. The molecule has 2 fully saturated rings. The predicted octanol–water partition coefficient (Wildman–Crippen LogP) is 3.15. The van der Waals surface area contributed by atoms with E-state index in [-0.39, 0.29) is 18.1 Å². The normalized spacial score (nSPS) is 23.9. The Bertz CT molecular complexity index is 949. The second-order valence-electron chi connectivity index (χ2n) is 9.42. The second-order valence-corrected chi connectivity index (χ2v) is 9.42. The number of nitrogens with one attached hydrogen (secondary N) is 1. The minimum Gasteiger partial charge on any atom is -0.488 e. The Hall–Kier alpha value is -2.38. The number of hydrogen-bond donors (Lipinski definition) is 4. The van der Waals surface area contributed by atoms with Crippen LogP contribution in [0.3, 0.4) is 0 Å². The highest BCUT2D eigenvalue weighted by molar-refractivity contribution is 5.83. The van der Waals surface area contributed by atoms with Gasteiger partial charge >= 0.3 is 0 Å². The van der Waals surface area contributed by atoms with Crippen LogP contribution in [0.2, 0.25) is 0 Å². The summed E-state index contributed by atoms with van der Waals surface area (Å²) in [7, 11) is 0. The molecule has 31 heavy (non-hydrogen) atoms. The molecule has 1 aromatic heterocycles. The largest absolute Gasteiger partial charge is 0.488 e. The van der Waals surface area contributed by atoms with Gasteiger partial charge in [0.15, 0.2) is 0 Å². The SMILES string of the molecule is Nc1ncnc2c1C1(CCCC1)Cc1c-2ccc(O[C@H]2CC[C@@H](N)CC2)c1NCCO. The molecule has 3 aliphatic rings. The third kappa shape index (κ3) is 3.64. The molecular weight excluding hydrogens is 390 g/mol. The van der Waals surface area contributed by atoms with Crippen LogP contribution in [-0.4, -0.2) is 40.4 Å². The van der Waals surface area contributed by atoms with E-state index in [0.717, 1.165) is 73.2 Å². The average Bonchev–Trinajstić information content (AvgIpc) is 3.23. The summed E-state index contributed by atoms with van der Waals surface area (Å²) in [5, 5.41) is 13.0. The molecule has 6 N–H and O–H groups in total. The van der Waals surface area contributed by atoms with E-state index in [4.69, 9.17) is 21.2 Å². The average molecular weight is 424 g/mol. The Labute approximate surface area is 183 Å². The van der Waals surface area contributed by atoms with Crippen molar-refractivity contribution in [3.63, 3.8) is 0 Å². The quantitative estimate of drug-likeness (QED) is 0.583. The molecule has 1 spiro atoms. The number of anilines is 2. The number of benzene rings is 1. The van der Waals surface area contributed by atoms with Crippen molar-refractivity contribution in [1.82, 2.24) is 9.97 Å². The maximum atomic E-state index is 9.52. The van der Waals surface area contributed by atoms with Crippen LogP contribution in [0.15, 0.2) is 18.5 Å². The summed E-state index contributed by atoms with van der Waals surface area (Å²) in [6, 6.07) is 4.46. The highest BCUT2D eigenvalue weighted by Gasteiger charge is 2.44. The summed E-state index contributed by atoms with van der Waals surface area (Å²) in [6.45, 7) is 0.548. The molecule has 166 valence electrons. The molecule has 0 atom stereocenters. The fourth-order valence-electron chi connectivity index (χ4n) is 5.92. The van der Waals surface area contributed by atoms with E-state index in [1.165, 1.54) is 18.4 Å². The predicted molar refractivity (Wildman–Crippen MR) is 122 cm³/mol. The molecule has 0 radical (unpaired) electrons. The molecule has 0 aliphatic heterocycles. The maximum Gasteiger partial charge on any atom is 0.143 e. The van der Waals surface area contributed by atoms with Crippen molar-refractivity contribution in [2.45, 2.75) is 75.3 Å². The minimum atomic E-state index is -0.0143. The molecule has 0 bridgehead atoms. The Morgan fingerprint density at radius 1 is 1.13 bits per heavy atom. The zero-order valence-corrected chi connectivity index (χ0v) is 18.1. The van der Waals surface area contributed by atoms with Crippen LogP contribution in [0, 0.1) is 0 Å². The third-order valence-electron chi connectivity index (χ3n) is 7.44. The highest BCUT2D eigenvalue weighted by atomic mass is 16.5. The molecule has 1 aromatic carbocycles. The van der Waals surface area contributed by atoms with E-state index in [1.54, 1.807) is 6.33 Å². The molecule has 0 saturated heterocycles. The van der Waals surface area contributed by atoms with Gasteiger partial charge in [0.25, 0.3) is 0 Å². The lowest BCUT2D eigenvalue weighted by molar-refractivity contribution is 0.148. The summed E-state index contributed by atoms with van der Waals surface area (Å²) in [5.41, 5.74) is 17.9. The van der Waals surface area contributed by atoms with Gasteiger partial charge in [-0.15, -0.1) is 0 Å². The van der Waals surface area contributed by atoms with Crippen LogP contribution in [0.1, 0.15) is 62.5 Å².